The van der Waals surface area contributed by atoms with E-state index in [1.807, 2.05) is 19.4 Å². The molecule has 3 nitrogen and oxygen atoms in total. The Kier molecular flexibility index (Phi) is 4.43. The van der Waals surface area contributed by atoms with Gasteiger partial charge in [-0.15, -0.1) is 4.39 Å². The number of rotatable bonds is 3. The fraction of sp³-hybridized carbons (Fsp3) is 0.750. The summed E-state index contributed by atoms with van der Waals surface area (Å²) in [7, 11) is 3.63. The van der Waals surface area contributed by atoms with E-state index in [1.54, 1.807) is 4.31 Å². The summed E-state index contributed by atoms with van der Waals surface area (Å²) < 4.78 is 13.1. The average molecular weight is 152 g/mol. The molecule has 5 heteroatoms. The van der Waals surface area contributed by atoms with Gasteiger partial charge in [0.15, 0.2) is 0 Å². The Hall–Kier alpha value is -0.290. The molecule has 0 aliphatic carbocycles. The van der Waals surface area contributed by atoms with E-state index in [0.717, 1.165) is 0 Å². The number of amides is 1. The van der Waals surface area contributed by atoms with E-state index < -0.39 is 6.16 Å². The molecule has 1 N–H and O–H groups in total. The van der Waals surface area contributed by atoms with E-state index in [4.69, 9.17) is 0 Å². The molecular weight excluding hydrogens is 143 g/mol. The maximum Gasteiger partial charge on any atom is 0.398 e. The van der Waals surface area contributed by atoms with Crippen LogP contribution in [0.4, 0.5) is 9.18 Å². The van der Waals surface area contributed by atoms with Crippen LogP contribution < -0.4 is 5.32 Å². The molecule has 1 amide bonds. The molecule has 0 aromatic rings. The zero-order valence-electron chi connectivity index (χ0n) is 5.35. The molecule has 0 aliphatic heterocycles. The van der Waals surface area contributed by atoms with Crippen LogP contribution in [0.25, 0.3) is 0 Å². The van der Waals surface area contributed by atoms with Crippen molar-refractivity contribution in [3.63, 3.8) is 0 Å². The SMILES string of the molecule is CN(C)SCNC(=O)F. The molecule has 0 aromatic carbocycles. The van der Waals surface area contributed by atoms with Crippen molar-refractivity contribution in [3.05, 3.63) is 0 Å². The Morgan fingerprint density at radius 3 is 2.67 bits per heavy atom. The number of carbonyl (C=O) groups excluding carboxylic acids is 1. The lowest BCUT2D eigenvalue weighted by Crippen LogP contribution is -2.18. The molecular formula is C4H9FN2OS. The number of nitrogens with one attached hydrogen (secondary N) is 1. The van der Waals surface area contributed by atoms with E-state index in [2.05, 4.69) is 0 Å². The maximum atomic E-state index is 11.4. The van der Waals surface area contributed by atoms with Crippen LogP contribution in [0, 0.1) is 0 Å². The van der Waals surface area contributed by atoms with Gasteiger partial charge in [0.2, 0.25) is 0 Å². The smallest absolute Gasteiger partial charge is 0.318 e. The number of nitrogens with zero attached hydrogens (tertiary/aromatic N) is 1. The summed E-state index contributed by atoms with van der Waals surface area (Å²) in [6, 6.07) is 0. The maximum absolute atomic E-state index is 11.4. The first kappa shape index (κ1) is 8.71. The predicted octanol–water partition coefficient (Wildman–Crippen LogP) is 0.833. The van der Waals surface area contributed by atoms with E-state index in [0.29, 0.717) is 0 Å². The van der Waals surface area contributed by atoms with Gasteiger partial charge in [-0.2, -0.15) is 0 Å². The van der Waals surface area contributed by atoms with Gasteiger partial charge < -0.3 is 5.32 Å². The van der Waals surface area contributed by atoms with Crippen molar-refractivity contribution in [1.82, 2.24) is 9.62 Å². The van der Waals surface area contributed by atoms with Crippen molar-refractivity contribution in [2.24, 2.45) is 0 Å². The summed E-state index contributed by atoms with van der Waals surface area (Å²) in [4.78, 5) is 9.62. The van der Waals surface area contributed by atoms with Crippen LogP contribution in [0.2, 0.25) is 0 Å². The Bertz CT molecular complexity index is 98.6. The van der Waals surface area contributed by atoms with Gasteiger partial charge in [0.05, 0.1) is 5.88 Å². The van der Waals surface area contributed by atoms with E-state index in [9.17, 15) is 9.18 Å². The Morgan fingerprint density at radius 1 is 1.78 bits per heavy atom. The summed E-state index contributed by atoms with van der Waals surface area (Å²) in [5.41, 5.74) is 0. The molecule has 0 radical (unpaired) electrons. The predicted molar refractivity (Wildman–Crippen MR) is 35.8 cm³/mol. The normalized spacial score (nSPS) is 9.78. The molecule has 0 fully saturated rings. The highest BCUT2D eigenvalue weighted by molar-refractivity contribution is 7.96. The molecule has 0 spiro atoms. The molecule has 0 saturated heterocycles. The Labute approximate surface area is 57.7 Å². The molecule has 54 valence electrons. The standard InChI is InChI=1S/C4H9FN2OS/c1-7(2)9-3-6-4(5)8/h3H2,1-2H3,(H,6,8). The molecule has 9 heavy (non-hydrogen) atoms. The molecule has 0 bridgehead atoms. The average Bonchev–Trinajstić information content (AvgIpc) is 1.63. The van der Waals surface area contributed by atoms with Gasteiger partial charge in [0, 0.05) is 0 Å². The molecule has 0 atom stereocenters. The van der Waals surface area contributed by atoms with Crippen LogP contribution >= 0.6 is 11.9 Å². The van der Waals surface area contributed by atoms with E-state index in [-0.39, 0.29) is 5.88 Å². The summed E-state index contributed by atoms with van der Waals surface area (Å²) in [5, 5.41) is 1.99. The van der Waals surface area contributed by atoms with Crippen LogP contribution in [0.3, 0.4) is 0 Å². The molecule has 0 heterocycles. The molecule has 0 aliphatic rings. The Morgan fingerprint density at radius 2 is 2.33 bits per heavy atom. The fourth-order valence-electron chi connectivity index (χ4n) is 0.218. The zero-order valence-corrected chi connectivity index (χ0v) is 6.17. The quantitative estimate of drug-likeness (QED) is 0.281. The number of halogens is 1. The van der Waals surface area contributed by atoms with Crippen molar-refractivity contribution >= 4 is 18.1 Å². The molecule has 0 aromatic heterocycles. The van der Waals surface area contributed by atoms with Crippen molar-refractivity contribution in [3.8, 4) is 0 Å². The third kappa shape index (κ3) is 7.71. The van der Waals surface area contributed by atoms with Gasteiger partial charge in [0.1, 0.15) is 0 Å². The number of hydrogen-bond acceptors (Lipinski definition) is 3. The van der Waals surface area contributed by atoms with Gasteiger partial charge in [-0.05, 0) is 14.1 Å². The lowest BCUT2D eigenvalue weighted by molar-refractivity contribution is 0.223. The Balaban J connectivity index is 3.01. The second-order valence-electron chi connectivity index (χ2n) is 1.54. The highest BCUT2D eigenvalue weighted by Gasteiger charge is 1.94. The fourth-order valence-corrected chi connectivity index (χ4v) is 0.654. The minimum Gasteiger partial charge on any atom is -0.318 e. The summed E-state index contributed by atoms with van der Waals surface area (Å²) in [6.07, 6.45) is -1.48. The van der Waals surface area contributed by atoms with Gasteiger partial charge in [-0.25, -0.2) is 4.79 Å². The second kappa shape index (κ2) is 4.58. The largest absolute Gasteiger partial charge is 0.398 e. The third-order valence-corrected chi connectivity index (χ3v) is 1.32. The first-order valence-electron chi connectivity index (χ1n) is 2.36. The second-order valence-corrected chi connectivity index (χ2v) is 2.81. The van der Waals surface area contributed by atoms with Gasteiger partial charge in [-0.1, -0.05) is 11.9 Å². The van der Waals surface area contributed by atoms with Crippen LogP contribution in [-0.4, -0.2) is 30.4 Å². The highest BCUT2D eigenvalue weighted by Crippen LogP contribution is 1.98. The van der Waals surface area contributed by atoms with Gasteiger partial charge >= 0.3 is 6.16 Å². The summed E-state index contributed by atoms with van der Waals surface area (Å²) in [5.74, 6) is 0.280. The summed E-state index contributed by atoms with van der Waals surface area (Å²) >= 11 is 1.32. The van der Waals surface area contributed by atoms with Crippen LogP contribution in [-0.2, 0) is 0 Å². The van der Waals surface area contributed by atoms with Gasteiger partial charge in [-0.3, -0.25) is 4.31 Å². The van der Waals surface area contributed by atoms with Crippen LogP contribution in [0.5, 0.6) is 0 Å². The minimum absolute atomic E-state index is 0.280. The van der Waals surface area contributed by atoms with E-state index in [1.165, 1.54) is 11.9 Å². The first-order chi connectivity index (χ1) is 4.13. The van der Waals surface area contributed by atoms with Crippen LogP contribution in [0.15, 0.2) is 0 Å². The lowest BCUT2D eigenvalue weighted by atomic mass is 11.2. The number of hydrogen-bond donors (Lipinski definition) is 1. The van der Waals surface area contributed by atoms with Crippen LogP contribution in [0.1, 0.15) is 0 Å². The zero-order chi connectivity index (χ0) is 7.28. The highest BCUT2D eigenvalue weighted by atomic mass is 32.2. The first-order valence-corrected chi connectivity index (χ1v) is 3.30. The lowest BCUT2D eigenvalue weighted by Gasteiger charge is -2.06. The molecule has 0 rings (SSSR count). The van der Waals surface area contributed by atoms with Crippen molar-refractivity contribution < 1.29 is 9.18 Å². The number of carbonyl (C=O) groups is 1. The monoisotopic (exact) mass is 152 g/mol. The van der Waals surface area contributed by atoms with E-state index >= 15 is 0 Å². The van der Waals surface area contributed by atoms with Crippen molar-refractivity contribution in [2.45, 2.75) is 0 Å². The van der Waals surface area contributed by atoms with Gasteiger partial charge in [0.25, 0.3) is 0 Å². The third-order valence-electron chi connectivity index (χ3n) is 0.534. The summed E-state index contributed by atoms with van der Waals surface area (Å²) in [6.45, 7) is 0. The molecule has 0 unspecified atom stereocenters. The minimum atomic E-state index is -1.48. The topological polar surface area (TPSA) is 32.3 Å². The van der Waals surface area contributed by atoms with Crippen molar-refractivity contribution in [2.75, 3.05) is 20.0 Å². The van der Waals surface area contributed by atoms with Crippen molar-refractivity contribution in [1.29, 1.82) is 0 Å². The molecule has 0 saturated carbocycles.